The van der Waals surface area contributed by atoms with E-state index in [0.717, 1.165) is 43.3 Å². The van der Waals surface area contributed by atoms with Crippen LogP contribution in [0.1, 0.15) is 96.6 Å². The summed E-state index contributed by atoms with van der Waals surface area (Å²) >= 11 is 0. The van der Waals surface area contributed by atoms with Gasteiger partial charge in [0, 0.05) is 24.3 Å². The zero-order chi connectivity index (χ0) is 39.4. The summed E-state index contributed by atoms with van der Waals surface area (Å²) < 4.78 is 45.2. The Morgan fingerprint density at radius 3 is 2.49 bits per heavy atom. The molecular weight excluding hydrogens is 712 g/mol. The number of phenolic OH excluding ortho intramolecular Hbond substituents is 1. The number of allylic oxidation sites excluding steroid dienone is 4. The highest BCUT2D eigenvalue weighted by Crippen LogP contribution is 2.47. The number of nitrogens with two attached hydrogens (primary N) is 1. The highest BCUT2D eigenvalue weighted by atomic mass is 32.2. The molecule has 1 aliphatic carbocycles. The van der Waals surface area contributed by atoms with Crippen molar-refractivity contribution in [2.45, 2.75) is 104 Å². The number of carboxylic acid groups (broad SMARTS) is 1. The maximum Gasteiger partial charge on any atom is 0.515 e. The van der Waals surface area contributed by atoms with Gasteiger partial charge >= 0.3 is 22.4 Å². The number of ketones is 1. The predicted octanol–water partition coefficient (Wildman–Crippen LogP) is 5.08. The topological polar surface area (TPSA) is 245 Å². The number of carbonyl (C=O) groups is 4. The summed E-state index contributed by atoms with van der Waals surface area (Å²) in [6, 6.07) is 3.20. The minimum absolute atomic E-state index is 0.0587. The van der Waals surface area contributed by atoms with E-state index >= 15 is 0 Å². The second-order valence-electron chi connectivity index (χ2n) is 14.0. The molecule has 3 aliphatic rings. The number of amides is 1. The number of hydrogen-bond acceptors (Lipinski definition) is 13. The largest absolute Gasteiger partial charge is 0.515 e. The average Bonchev–Trinajstić information content (AvgIpc) is 3.48. The minimum atomic E-state index is -5.30. The Labute approximate surface area is 307 Å². The van der Waals surface area contributed by atoms with Gasteiger partial charge in [-0.1, -0.05) is 48.7 Å². The quantitative estimate of drug-likeness (QED) is 0.0251. The number of carboxylic acids is 1. The first kappa shape index (κ1) is 40.7. The molecule has 1 aromatic rings. The van der Waals surface area contributed by atoms with Crippen LogP contribution in [0.5, 0.6) is 11.5 Å². The first-order valence-electron chi connectivity index (χ1n) is 17.2. The number of benzene rings is 1. The number of β-lactam (4-membered cyclic amide) rings is 1. The Hall–Kier alpha value is -5.03. The van der Waals surface area contributed by atoms with Crippen molar-refractivity contribution in [2.24, 2.45) is 27.7 Å². The van der Waals surface area contributed by atoms with Crippen LogP contribution in [0.3, 0.4) is 0 Å². The molecule has 0 saturated carbocycles. The fourth-order valence-corrected chi connectivity index (χ4v) is 7.13. The molecule has 288 valence electrons. The van der Waals surface area contributed by atoms with E-state index in [2.05, 4.69) is 16.7 Å². The summed E-state index contributed by atoms with van der Waals surface area (Å²) in [5.41, 5.74) is 6.09. The van der Waals surface area contributed by atoms with E-state index in [4.69, 9.17) is 20.0 Å². The molecule has 2 heterocycles. The number of nitrogens with zero attached hydrogens (tertiary/aromatic N) is 3. The van der Waals surface area contributed by atoms with Crippen molar-refractivity contribution in [3.63, 3.8) is 0 Å². The molecule has 53 heavy (non-hydrogen) atoms. The number of ether oxygens (including phenoxy) is 2. The number of aryl methyl sites for hydroxylation is 1. The lowest BCUT2D eigenvalue weighted by Gasteiger charge is -2.42. The Morgan fingerprint density at radius 1 is 1.21 bits per heavy atom. The molecule has 1 fully saturated rings. The van der Waals surface area contributed by atoms with Crippen molar-refractivity contribution in [2.75, 3.05) is 0 Å². The molecule has 1 amide bonds. The Kier molecular flexibility index (Phi) is 12.5. The van der Waals surface area contributed by atoms with Crippen molar-refractivity contribution in [3.05, 3.63) is 58.8 Å². The number of Topliss-reactive ketones (excluding diaryl/α,β-unsaturated/α-hetero) is 1. The van der Waals surface area contributed by atoms with Gasteiger partial charge in [-0.2, -0.15) is 12.7 Å². The van der Waals surface area contributed by atoms with Gasteiger partial charge in [-0.3, -0.25) is 14.1 Å². The first-order chi connectivity index (χ1) is 24.7. The lowest BCUT2D eigenvalue weighted by Crippen LogP contribution is -2.65. The monoisotopic (exact) mass is 758 g/mol. The maximum absolute atomic E-state index is 13.6. The molecule has 1 aromatic carbocycles. The van der Waals surface area contributed by atoms with E-state index in [0.29, 0.717) is 12.0 Å². The van der Waals surface area contributed by atoms with Crippen molar-refractivity contribution < 1.29 is 56.7 Å². The molecule has 0 aromatic heterocycles. The van der Waals surface area contributed by atoms with E-state index in [9.17, 15) is 42.4 Å². The zero-order valence-electron chi connectivity index (χ0n) is 30.3. The van der Waals surface area contributed by atoms with Crippen LogP contribution < -0.4 is 10.5 Å². The van der Waals surface area contributed by atoms with Crippen molar-refractivity contribution in [1.29, 1.82) is 0 Å². The molecule has 5 N–H and O–H groups in total. The summed E-state index contributed by atoms with van der Waals surface area (Å²) in [6.45, 7) is 12.3. The van der Waals surface area contributed by atoms with Gasteiger partial charge in [0.15, 0.2) is 11.5 Å². The number of phenols is 1. The van der Waals surface area contributed by atoms with Crippen LogP contribution in [-0.2, 0) is 40.7 Å². The maximum atomic E-state index is 13.6. The SMILES string of the molecule is C=C(C)[C@@H]1CCC(C)=C[C@H]1c1c(O)cc(CCCCC)cc1OC(=O)OC1[C@H](CC(=O)/C(=N\OC(C)(C)C(=O)O)C2=CCC(N)=N2)C(=O)N1S(=O)(=O)O. The van der Waals surface area contributed by atoms with Crippen LogP contribution in [0.2, 0.25) is 0 Å². The summed E-state index contributed by atoms with van der Waals surface area (Å²) in [5, 5.41) is 24.5. The highest BCUT2D eigenvalue weighted by Gasteiger charge is 2.57. The lowest BCUT2D eigenvalue weighted by atomic mass is 9.73. The van der Waals surface area contributed by atoms with Gasteiger partial charge in [-0.25, -0.2) is 14.6 Å². The Balaban J connectivity index is 1.66. The van der Waals surface area contributed by atoms with Crippen LogP contribution in [-0.4, -0.2) is 74.7 Å². The van der Waals surface area contributed by atoms with Crippen LogP contribution in [0.15, 0.2) is 57.9 Å². The van der Waals surface area contributed by atoms with Gasteiger partial charge in [0.25, 0.3) is 0 Å². The number of aliphatic carboxylic acids is 1. The number of unbranched alkanes of at least 4 members (excludes halogenated alkanes) is 2. The van der Waals surface area contributed by atoms with Gasteiger partial charge in [0.05, 0.1) is 5.70 Å². The third-order valence-corrected chi connectivity index (χ3v) is 10.2. The molecule has 17 heteroatoms. The highest BCUT2D eigenvalue weighted by molar-refractivity contribution is 7.84. The van der Waals surface area contributed by atoms with Crippen LogP contribution in [0, 0.1) is 11.8 Å². The van der Waals surface area contributed by atoms with Crippen molar-refractivity contribution in [1.82, 2.24) is 4.31 Å². The van der Waals surface area contributed by atoms with Crippen LogP contribution in [0.25, 0.3) is 0 Å². The number of amidine groups is 1. The predicted molar refractivity (Wildman–Crippen MR) is 192 cm³/mol. The number of rotatable bonds is 16. The van der Waals surface area contributed by atoms with Crippen LogP contribution in [0.4, 0.5) is 4.79 Å². The molecule has 16 nitrogen and oxygen atoms in total. The lowest BCUT2D eigenvalue weighted by molar-refractivity contribution is -0.169. The third-order valence-electron chi connectivity index (χ3n) is 9.29. The van der Waals surface area contributed by atoms with E-state index in [-0.39, 0.29) is 45.2 Å². The van der Waals surface area contributed by atoms with Gasteiger partial charge in [-0.05, 0) is 83.1 Å². The standard InChI is InChI=1S/C36H46N4O12S/c1-7-8-9-10-21-16-26(41)30(23-15-20(4)11-12-22(23)19(2)3)28(17-21)50-35(46)51-33-24(32(43)40(33)53(47,48)49)18-27(42)31(25-13-14-29(37)38-25)39-52-36(5,6)34(44)45/h13,15-17,22-24,33,41H,2,7-12,14,18H2,1,3-6H3,(H2,37,38)(H,44,45)(H,47,48,49)/b39-31-/t22-,23+,24+,33?/m0/s1. The molecule has 4 rings (SSSR count). The summed E-state index contributed by atoms with van der Waals surface area (Å²) in [4.78, 5) is 60.8. The Bertz CT molecular complexity index is 1910. The molecule has 1 unspecified atom stereocenters. The summed E-state index contributed by atoms with van der Waals surface area (Å²) in [7, 11) is -5.30. The second-order valence-corrected chi connectivity index (χ2v) is 15.3. The molecule has 2 aliphatic heterocycles. The normalized spacial score (nSPS) is 21.9. The molecular formula is C36H46N4O12S. The van der Waals surface area contributed by atoms with Gasteiger partial charge < -0.3 is 30.3 Å². The number of oxime groups is 1. The fourth-order valence-electron chi connectivity index (χ4n) is 6.32. The van der Waals surface area contributed by atoms with E-state index in [1.807, 2.05) is 26.8 Å². The van der Waals surface area contributed by atoms with Crippen molar-refractivity contribution in [3.8, 4) is 11.5 Å². The van der Waals surface area contributed by atoms with E-state index in [1.165, 1.54) is 19.9 Å². The van der Waals surface area contributed by atoms with E-state index < -0.39 is 69.9 Å². The minimum Gasteiger partial charge on any atom is -0.507 e. The molecule has 4 atom stereocenters. The van der Waals surface area contributed by atoms with Gasteiger partial charge in [-0.15, -0.1) is 0 Å². The number of aliphatic imine (C=N–C) groups is 1. The molecule has 0 radical (unpaired) electrons. The summed E-state index contributed by atoms with van der Waals surface area (Å²) in [5.74, 6) is -5.96. The van der Waals surface area contributed by atoms with Crippen LogP contribution >= 0.6 is 0 Å². The molecule has 0 bridgehead atoms. The van der Waals surface area contributed by atoms with E-state index in [1.54, 1.807) is 12.1 Å². The zero-order valence-corrected chi connectivity index (χ0v) is 31.1. The smallest absolute Gasteiger partial charge is 0.507 e. The van der Waals surface area contributed by atoms with Gasteiger partial charge in [0.1, 0.15) is 23.3 Å². The van der Waals surface area contributed by atoms with Crippen molar-refractivity contribution >= 4 is 45.7 Å². The second kappa shape index (κ2) is 16.3. The number of carbonyl (C=O) groups excluding carboxylic acids is 3. The molecule has 1 saturated heterocycles. The first-order valence-corrected chi connectivity index (χ1v) is 18.6. The fraction of sp³-hybridized carbons (Fsp3) is 0.500. The average molecular weight is 759 g/mol. The summed E-state index contributed by atoms with van der Waals surface area (Å²) in [6.07, 6.45) is 3.87. The Morgan fingerprint density at radius 2 is 1.91 bits per heavy atom. The molecule has 0 spiro atoms. The number of aromatic hydroxyl groups is 1. The van der Waals surface area contributed by atoms with Gasteiger partial charge in [0.2, 0.25) is 17.7 Å². The number of hydrogen-bond donors (Lipinski definition) is 4. The third kappa shape index (κ3) is 9.50.